The molecule has 1 heterocycles. The Kier molecular flexibility index (Phi) is 3.08. The van der Waals surface area contributed by atoms with E-state index in [1.54, 1.807) is 18.3 Å². The predicted octanol–water partition coefficient (Wildman–Crippen LogP) is 3.78. The van der Waals surface area contributed by atoms with Crippen LogP contribution in [0.15, 0.2) is 48.7 Å². The molecule has 0 aliphatic carbocycles. The third kappa shape index (κ3) is 2.21. The van der Waals surface area contributed by atoms with E-state index in [4.69, 9.17) is 11.6 Å². The molecule has 0 atom stereocenters. The third-order valence-electron chi connectivity index (χ3n) is 3.05. The van der Waals surface area contributed by atoms with Gasteiger partial charge in [-0.2, -0.15) is 0 Å². The fourth-order valence-corrected chi connectivity index (χ4v) is 2.25. The zero-order chi connectivity index (χ0) is 14.1. The number of H-pyrrole nitrogens is 1. The van der Waals surface area contributed by atoms with Crippen molar-refractivity contribution in [3.05, 3.63) is 59.2 Å². The van der Waals surface area contributed by atoms with Gasteiger partial charge in [0, 0.05) is 28.4 Å². The Bertz CT molecular complexity index is 795. The van der Waals surface area contributed by atoms with Gasteiger partial charge < -0.3 is 15.4 Å². The van der Waals surface area contributed by atoms with Crippen molar-refractivity contribution in [2.24, 2.45) is 0 Å². The number of phenolic OH excluding ortho intramolecular Hbond substituents is 1. The number of hydrogen-bond acceptors (Lipinski definition) is 2. The van der Waals surface area contributed by atoms with Crippen LogP contribution in [0.1, 0.15) is 10.4 Å². The summed E-state index contributed by atoms with van der Waals surface area (Å²) in [6, 6.07) is 11.9. The number of phenols is 1. The van der Waals surface area contributed by atoms with Gasteiger partial charge in [0.05, 0.1) is 5.02 Å². The van der Waals surface area contributed by atoms with E-state index in [0.29, 0.717) is 11.3 Å². The van der Waals surface area contributed by atoms with Gasteiger partial charge in [-0.05, 0) is 36.4 Å². The van der Waals surface area contributed by atoms with Gasteiger partial charge in [0.1, 0.15) is 5.75 Å². The Balaban J connectivity index is 1.93. The van der Waals surface area contributed by atoms with Crippen molar-refractivity contribution in [3.8, 4) is 5.75 Å². The van der Waals surface area contributed by atoms with E-state index >= 15 is 0 Å². The Morgan fingerprint density at radius 2 is 2.05 bits per heavy atom. The minimum atomic E-state index is -0.225. The number of benzene rings is 2. The molecule has 1 amide bonds. The second-order valence-electron chi connectivity index (χ2n) is 4.36. The molecule has 100 valence electrons. The molecule has 20 heavy (non-hydrogen) atoms. The number of rotatable bonds is 2. The Morgan fingerprint density at radius 1 is 1.20 bits per heavy atom. The maximum atomic E-state index is 12.3. The molecule has 3 aromatic rings. The molecule has 0 fully saturated rings. The summed E-state index contributed by atoms with van der Waals surface area (Å²) in [6.45, 7) is 0. The van der Waals surface area contributed by atoms with Crippen LogP contribution >= 0.6 is 11.6 Å². The number of aromatic nitrogens is 1. The van der Waals surface area contributed by atoms with E-state index in [1.165, 1.54) is 12.1 Å². The van der Waals surface area contributed by atoms with E-state index < -0.39 is 0 Å². The number of carbonyl (C=O) groups is 1. The number of aromatic amines is 1. The zero-order valence-electron chi connectivity index (χ0n) is 10.4. The monoisotopic (exact) mass is 286 g/mol. The van der Waals surface area contributed by atoms with Gasteiger partial charge in [-0.1, -0.05) is 17.7 Å². The highest BCUT2D eigenvalue weighted by atomic mass is 35.5. The summed E-state index contributed by atoms with van der Waals surface area (Å²) >= 11 is 5.81. The topological polar surface area (TPSA) is 65.1 Å². The molecule has 1 aromatic heterocycles. The van der Waals surface area contributed by atoms with Gasteiger partial charge >= 0.3 is 0 Å². The highest BCUT2D eigenvalue weighted by Gasteiger charge is 2.11. The first kappa shape index (κ1) is 12.6. The van der Waals surface area contributed by atoms with E-state index in [2.05, 4.69) is 10.3 Å². The number of amides is 1. The van der Waals surface area contributed by atoms with Crippen molar-refractivity contribution in [2.75, 3.05) is 5.32 Å². The number of fused-ring (bicyclic) bond motifs is 1. The van der Waals surface area contributed by atoms with Gasteiger partial charge in [-0.15, -0.1) is 0 Å². The van der Waals surface area contributed by atoms with Crippen molar-refractivity contribution in [1.82, 2.24) is 4.98 Å². The molecule has 5 heteroatoms. The van der Waals surface area contributed by atoms with Crippen molar-refractivity contribution < 1.29 is 9.90 Å². The molecular weight excluding hydrogens is 276 g/mol. The standard InChI is InChI=1S/C15H11ClN2O2/c16-12-8-9(4-5-14(12)19)18-15(20)11-2-1-3-13-10(11)6-7-17-13/h1-8,17,19H,(H,18,20). The van der Waals surface area contributed by atoms with Crippen LogP contribution in [-0.4, -0.2) is 16.0 Å². The van der Waals surface area contributed by atoms with Gasteiger partial charge in [0.15, 0.2) is 0 Å². The first-order valence-electron chi connectivity index (χ1n) is 6.01. The van der Waals surface area contributed by atoms with Gasteiger partial charge in [0.2, 0.25) is 0 Å². The molecule has 0 aliphatic heterocycles. The number of nitrogens with one attached hydrogen (secondary N) is 2. The minimum absolute atomic E-state index is 0.0163. The third-order valence-corrected chi connectivity index (χ3v) is 3.35. The lowest BCUT2D eigenvalue weighted by Crippen LogP contribution is -2.12. The average Bonchev–Trinajstić information content (AvgIpc) is 2.91. The van der Waals surface area contributed by atoms with E-state index in [0.717, 1.165) is 10.9 Å². The number of halogens is 1. The van der Waals surface area contributed by atoms with Crippen LogP contribution in [0.2, 0.25) is 5.02 Å². The van der Waals surface area contributed by atoms with Crippen LogP contribution in [-0.2, 0) is 0 Å². The fraction of sp³-hybridized carbons (Fsp3) is 0. The van der Waals surface area contributed by atoms with Crippen LogP contribution in [0, 0.1) is 0 Å². The molecule has 3 rings (SSSR count). The Hall–Kier alpha value is -2.46. The van der Waals surface area contributed by atoms with Crippen molar-refractivity contribution in [1.29, 1.82) is 0 Å². The Morgan fingerprint density at radius 3 is 2.85 bits per heavy atom. The molecule has 0 saturated carbocycles. The molecule has 0 saturated heterocycles. The van der Waals surface area contributed by atoms with Crippen LogP contribution in [0.4, 0.5) is 5.69 Å². The van der Waals surface area contributed by atoms with Crippen molar-refractivity contribution in [3.63, 3.8) is 0 Å². The highest BCUT2D eigenvalue weighted by molar-refractivity contribution is 6.32. The lowest BCUT2D eigenvalue weighted by molar-refractivity contribution is 0.102. The van der Waals surface area contributed by atoms with Crippen molar-refractivity contribution in [2.45, 2.75) is 0 Å². The summed E-state index contributed by atoms with van der Waals surface area (Å²) in [5.41, 5.74) is 2.01. The molecule has 0 bridgehead atoms. The van der Waals surface area contributed by atoms with Gasteiger partial charge in [0.25, 0.3) is 5.91 Å². The number of carbonyl (C=O) groups excluding carboxylic acids is 1. The number of anilines is 1. The summed E-state index contributed by atoms with van der Waals surface area (Å²) in [4.78, 5) is 15.4. The number of aromatic hydroxyl groups is 1. The maximum Gasteiger partial charge on any atom is 0.256 e. The Labute approximate surface area is 120 Å². The maximum absolute atomic E-state index is 12.3. The molecule has 0 spiro atoms. The van der Waals surface area contributed by atoms with Crippen LogP contribution in [0.5, 0.6) is 5.75 Å². The highest BCUT2D eigenvalue weighted by Crippen LogP contribution is 2.26. The summed E-state index contributed by atoms with van der Waals surface area (Å²) in [5.74, 6) is -0.241. The molecule has 0 aliphatic rings. The minimum Gasteiger partial charge on any atom is -0.506 e. The molecule has 2 aromatic carbocycles. The summed E-state index contributed by atoms with van der Waals surface area (Å²) in [6.07, 6.45) is 1.79. The second-order valence-corrected chi connectivity index (χ2v) is 4.77. The summed E-state index contributed by atoms with van der Waals surface area (Å²) < 4.78 is 0. The normalized spacial score (nSPS) is 10.7. The van der Waals surface area contributed by atoms with Crippen LogP contribution in [0.25, 0.3) is 10.9 Å². The SMILES string of the molecule is O=C(Nc1ccc(O)c(Cl)c1)c1cccc2[nH]ccc12. The number of hydrogen-bond donors (Lipinski definition) is 3. The molecule has 0 radical (unpaired) electrons. The molecule has 0 unspecified atom stereocenters. The average molecular weight is 287 g/mol. The van der Waals surface area contributed by atoms with E-state index in [9.17, 15) is 9.90 Å². The van der Waals surface area contributed by atoms with E-state index in [-0.39, 0.29) is 16.7 Å². The quantitative estimate of drug-likeness (QED) is 0.628. The summed E-state index contributed by atoms with van der Waals surface area (Å²) in [5, 5.41) is 13.2. The van der Waals surface area contributed by atoms with Gasteiger partial charge in [-0.25, -0.2) is 0 Å². The molecule has 3 N–H and O–H groups in total. The largest absolute Gasteiger partial charge is 0.506 e. The van der Waals surface area contributed by atoms with Gasteiger partial charge in [-0.3, -0.25) is 4.79 Å². The second kappa shape index (κ2) is 4.90. The lowest BCUT2D eigenvalue weighted by atomic mass is 10.1. The fourth-order valence-electron chi connectivity index (χ4n) is 2.07. The zero-order valence-corrected chi connectivity index (χ0v) is 11.1. The molecule has 4 nitrogen and oxygen atoms in total. The molecular formula is C15H11ClN2O2. The van der Waals surface area contributed by atoms with E-state index in [1.807, 2.05) is 18.2 Å². The van der Waals surface area contributed by atoms with Crippen LogP contribution in [0.3, 0.4) is 0 Å². The predicted molar refractivity (Wildman–Crippen MR) is 79.4 cm³/mol. The smallest absolute Gasteiger partial charge is 0.256 e. The lowest BCUT2D eigenvalue weighted by Gasteiger charge is -2.07. The van der Waals surface area contributed by atoms with Crippen molar-refractivity contribution >= 4 is 34.1 Å². The summed E-state index contributed by atoms with van der Waals surface area (Å²) in [7, 11) is 0. The first-order chi connectivity index (χ1) is 9.65. The first-order valence-corrected chi connectivity index (χ1v) is 6.39. The van der Waals surface area contributed by atoms with Crippen LogP contribution < -0.4 is 5.32 Å².